The molecular weight excluding hydrogens is 258 g/mol. The van der Waals surface area contributed by atoms with Crippen LogP contribution in [-0.2, 0) is 6.42 Å². The molecule has 0 aromatic heterocycles. The number of nitrogens with two attached hydrogens (primary N) is 1. The van der Waals surface area contributed by atoms with Gasteiger partial charge in [0.25, 0.3) is 0 Å². The highest BCUT2D eigenvalue weighted by Gasteiger charge is 2.19. The monoisotopic (exact) mass is 289 g/mol. The maximum atomic E-state index is 6.19. The highest BCUT2D eigenvalue weighted by atomic mass is 16.5. The summed E-state index contributed by atoms with van der Waals surface area (Å²) in [7, 11) is 0. The molecule has 0 radical (unpaired) electrons. The van der Waals surface area contributed by atoms with Crippen LogP contribution in [-0.4, -0.2) is 6.61 Å². The summed E-state index contributed by atoms with van der Waals surface area (Å²) in [5.74, 6) is 1.08. The smallest absolute Gasteiger partial charge is 0.122 e. The minimum atomic E-state index is 0.205. The number of hydrogen-bond donors (Lipinski definition) is 1. The van der Waals surface area contributed by atoms with Crippen molar-refractivity contribution in [2.75, 3.05) is 6.61 Å². The van der Waals surface area contributed by atoms with E-state index in [1.807, 2.05) is 0 Å². The zero-order valence-corrected chi connectivity index (χ0v) is 13.6. The van der Waals surface area contributed by atoms with Gasteiger partial charge in [0.05, 0.1) is 6.61 Å². The van der Waals surface area contributed by atoms with Crippen molar-refractivity contribution in [3.63, 3.8) is 0 Å². The molecule has 118 valence electrons. The first-order valence-corrected chi connectivity index (χ1v) is 8.83. The van der Waals surface area contributed by atoms with Crippen molar-refractivity contribution >= 4 is 0 Å². The van der Waals surface area contributed by atoms with E-state index in [1.54, 1.807) is 0 Å². The molecule has 0 bridgehead atoms. The van der Waals surface area contributed by atoms with Gasteiger partial charge in [-0.2, -0.15) is 0 Å². The first kappa shape index (κ1) is 16.4. The first-order valence-electron chi connectivity index (χ1n) is 8.83. The Morgan fingerprint density at radius 1 is 1.10 bits per heavy atom. The highest BCUT2D eigenvalue weighted by Crippen LogP contribution is 2.34. The lowest BCUT2D eigenvalue weighted by Gasteiger charge is -2.24. The molecule has 0 saturated heterocycles. The molecule has 1 aliphatic carbocycles. The summed E-state index contributed by atoms with van der Waals surface area (Å²) in [5.41, 5.74) is 8.86. The molecule has 0 saturated carbocycles. The third-order valence-corrected chi connectivity index (χ3v) is 4.52. The molecule has 2 N–H and O–H groups in total. The molecule has 0 amide bonds. The molecule has 1 unspecified atom stereocenters. The van der Waals surface area contributed by atoms with Crippen LogP contribution in [0, 0.1) is 0 Å². The summed E-state index contributed by atoms with van der Waals surface area (Å²) in [5, 5.41) is 0. The molecule has 1 aliphatic rings. The van der Waals surface area contributed by atoms with E-state index in [-0.39, 0.29) is 6.04 Å². The third kappa shape index (κ3) is 5.03. The Balaban J connectivity index is 1.70. The number of fused-ring (bicyclic) bond motifs is 1. The van der Waals surface area contributed by atoms with Crippen LogP contribution in [0.15, 0.2) is 18.2 Å². The van der Waals surface area contributed by atoms with Gasteiger partial charge in [-0.25, -0.2) is 0 Å². The normalized spacial score (nSPS) is 17.5. The summed E-state index contributed by atoms with van der Waals surface area (Å²) in [6.45, 7) is 3.11. The van der Waals surface area contributed by atoms with E-state index in [1.165, 1.54) is 62.5 Å². The number of rotatable bonds is 9. The first-order chi connectivity index (χ1) is 10.3. The second kappa shape index (κ2) is 9.09. The quantitative estimate of drug-likeness (QED) is 0.638. The fourth-order valence-corrected chi connectivity index (χ4v) is 3.23. The van der Waals surface area contributed by atoms with Crippen LogP contribution in [0.4, 0.5) is 0 Å². The van der Waals surface area contributed by atoms with E-state index in [0.717, 1.165) is 25.2 Å². The topological polar surface area (TPSA) is 35.2 Å². The van der Waals surface area contributed by atoms with Crippen molar-refractivity contribution in [3.8, 4) is 5.75 Å². The number of hydrogen-bond acceptors (Lipinski definition) is 2. The zero-order chi connectivity index (χ0) is 14.9. The zero-order valence-electron chi connectivity index (χ0n) is 13.6. The van der Waals surface area contributed by atoms with Crippen molar-refractivity contribution < 1.29 is 4.74 Å². The summed E-state index contributed by atoms with van der Waals surface area (Å²) < 4.78 is 6.02. The largest absolute Gasteiger partial charge is 0.493 e. The van der Waals surface area contributed by atoms with E-state index in [4.69, 9.17) is 10.5 Å². The average molecular weight is 289 g/mol. The molecule has 2 rings (SSSR count). The maximum Gasteiger partial charge on any atom is 0.122 e. The van der Waals surface area contributed by atoms with Gasteiger partial charge in [-0.3, -0.25) is 0 Å². The molecule has 2 nitrogen and oxygen atoms in total. The van der Waals surface area contributed by atoms with Gasteiger partial charge in [-0.15, -0.1) is 0 Å². The van der Waals surface area contributed by atoms with Crippen molar-refractivity contribution in [2.45, 2.75) is 77.2 Å². The number of benzene rings is 1. The second-order valence-electron chi connectivity index (χ2n) is 6.29. The Labute approximate surface area is 130 Å². The van der Waals surface area contributed by atoms with Crippen LogP contribution in [0.5, 0.6) is 5.75 Å². The molecule has 0 fully saturated rings. The Morgan fingerprint density at radius 3 is 2.67 bits per heavy atom. The van der Waals surface area contributed by atoms with E-state index in [9.17, 15) is 0 Å². The van der Waals surface area contributed by atoms with Gasteiger partial charge in [0.15, 0.2) is 0 Å². The number of unbranched alkanes of at least 4 members (excludes halogenated alkanes) is 6. The molecule has 2 heteroatoms. The molecule has 0 aliphatic heterocycles. The van der Waals surface area contributed by atoms with Crippen LogP contribution < -0.4 is 10.5 Å². The fraction of sp³-hybridized carbons (Fsp3) is 0.684. The van der Waals surface area contributed by atoms with Crippen LogP contribution in [0.1, 0.15) is 81.9 Å². The molecule has 0 spiro atoms. The van der Waals surface area contributed by atoms with Crippen molar-refractivity contribution in [2.24, 2.45) is 5.73 Å². The van der Waals surface area contributed by atoms with E-state index in [0.29, 0.717) is 0 Å². The lowest BCUT2D eigenvalue weighted by molar-refractivity contribution is 0.299. The summed E-state index contributed by atoms with van der Waals surface area (Å²) in [4.78, 5) is 0. The van der Waals surface area contributed by atoms with E-state index >= 15 is 0 Å². The molecule has 1 atom stereocenters. The lowest BCUT2D eigenvalue weighted by atomic mass is 9.87. The van der Waals surface area contributed by atoms with Gasteiger partial charge in [-0.1, -0.05) is 57.6 Å². The van der Waals surface area contributed by atoms with Crippen molar-refractivity contribution in [1.82, 2.24) is 0 Å². The standard InChI is InChI=1S/C19H31NO/c1-2-3-4-5-6-7-8-15-21-19-14-10-11-16-17(19)12-9-13-18(16)20/h10-11,14,18H,2-9,12-13,15,20H2,1H3. The predicted molar refractivity (Wildman–Crippen MR) is 89.8 cm³/mol. The minimum absolute atomic E-state index is 0.205. The summed E-state index contributed by atoms with van der Waals surface area (Å²) >= 11 is 0. The molecule has 1 aromatic rings. The van der Waals surface area contributed by atoms with Gasteiger partial charge >= 0.3 is 0 Å². The van der Waals surface area contributed by atoms with Gasteiger partial charge in [0, 0.05) is 6.04 Å². The second-order valence-corrected chi connectivity index (χ2v) is 6.29. The Bertz CT molecular complexity index is 416. The summed E-state index contributed by atoms with van der Waals surface area (Å²) in [6.07, 6.45) is 12.7. The molecule has 0 heterocycles. The molecule has 21 heavy (non-hydrogen) atoms. The third-order valence-electron chi connectivity index (χ3n) is 4.52. The van der Waals surface area contributed by atoms with E-state index < -0.39 is 0 Å². The van der Waals surface area contributed by atoms with Gasteiger partial charge in [0.2, 0.25) is 0 Å². The maximum absolute atomic E-state index is 6.19. The minimum Gasteiger partial charge on any atom is -0.493 e. The number of ether oxygens (including phenoxy) is 1. The molecule has 1 aromatic carbocycles. The van der Waals surface area contributed by atoms with Crippen molar-refractivity contribution in [3.05, 3.63) is 29.3 Å². The highest BCUT2D eigenvalue weighted by molar-refractivity contribution is 5.43. The van der Waals surface area contributed by atoms with Crippen LogP contribution in [0.3, 0.4) is 0 Å². The average Bonchev–Trinajstić information content (AvgIpc) is 2.51. The van der Waals surface area contributed by atoms with Gasteiger partial charge < -0.3 is 10.5 Å². The lowest BCUT2D eigenvalue weighted by Crippen LogP contribution is -2.18. The van der Waals surface area contributed by atoms with Crippen LogP contribution >= 0.6 is 0 Å². The van der Waals surface area contributed by atoms with Gasteiger partial charge in [-0.05, 0) is 42.9 Å². The predicted octanol–water partition coefficient (Wildman–Crippen LogP) is 5.15. The van der Waals surface area contributed by atoms with Crippen LogP contribution in [0.25, 0.3) is 0 Å². The van der Waals surface area contributed by atoms with Crippen LogP contribution in [0.2, 0.25) is 0 Å². The summed E-state index contributed by atoms with van der Waals surface area (Å²) in [6, 6.07) is 6.57. The van der Waals surface area contributed by atoms with Crippen molar-refractivity contribution in [1.29, 1.82) is 0 Å². The Hall–Kier alpha value is -1.02. The molecular formula is C19H31NO. The van der Waals surface area contributed by atoms with E-state index in [2.05, 4.69) is 25.1 Å². The van der Waals surface area contributed by atoms with Gasteiger partial charge in [0.1, 0.15) is 5.75 Å². The Morgan fingerprint density at radius 2 is 1.86 bits per heavy atom. The fourth-order valence-electron chi connectivity index (χ4n) is 3.23. The SMILES string of the molecule is CCCCCCCCCOc1cccc2c1CCCC2N. The Kier molecular flexibility index (Phi) is 7.08.